The fraction of sp³-hybridized carbons (Fsp3) is 0.0833. The molecule has 7 nitrogen and oxygen atoms in total. The number of nitrogen functional groups attached to an aromatic ring is 1. The van der Waals surface area contributed by atoms with Crippen LogP contribution in [-0.2, 0) is 17.5 Å². The number of nitrogens with one attached hydrogen (secondary N) is 1. The molecule has 1 aromatic carbocycles. The number of carboxylic acids is 1. The van der Waals surface area contributed by atoms with Crippen LogP contribution in [0.2, 0.25) is 0 Å². The first-order chi connectivity index (χ1) is 16.6. The zero-order chi connectivity index (χ0) is 25.2. The van der Waals surface area contributed by atoms with Gasteiger partial charge in [0, 0.05) is 33.6 Å². The van der Waals surface area contributed by atoms with Crippen molar-refractivity contribution in [2.45, 2.75) is 12.7 Å². The van der Waals surface area contributed by atoms with Gasteiger partial charge in [-0.05, 0) is 59.5 Å². The van der Waals surface area contributed by atoms with Crippen molar-refractivity contribution in [3.05, 3.63) is 82.5 Å². The number of benzene rings is 1. The number of amides is 1. The van der Waals surface area contributed by atoms with Gasteiger partial charge in [-0.3, -0.25) is 9.78 Å². The van der Waals surface area contributed by atoms with Gasteiger partial charge >= 0.3 is 12.1 Å². The van der Waals surface area contributed by atoms with Crippen molar-refractivity contribution in [2.24, 2.45) is 0 Å². The SMILES string of the molecule is Nc1ccc(/C=C/C(=O)NCc2cc3cc(-c4ccc(C(=O)O)cn4)cc(C(F)(F)F)c3s2)cn1. The number of rotatable bonds is 6. The number of alkyl halides is 3. The summed E-state index contributed by atoms with van der Waals surface area (Å²) in [5, 5.41) is 12.0. The Labute approximate surface area is 200 Å². The summed E-state index contributed by atoms with van der Waals surface area (Å²) in [6, 6.07) is 10.1. The Morgan fingerprint density at radius 3 is 2.51 bits per heavy atom. The van der Waals surface area contributed by atoms with E-state index in [1.807, 2.05) is 0 Å². The maximum Gasteiger partial charge on any atom is 0.417 e. The van der Waals surface area contributed by atoms with Crippen molar-refractivity contribution in [1.29, 1.82) is 0 Å². The monoisotopic (exact) mass is 498 g/mol. The fourth-order valence-corrected chi connectivity index (χ4v) is 4.38. The Bertz CT molecular complexity index is 1430. The number of carbonyl (C=O) groups is 2. The van der Waals surface area contributed by atoms with Crippen LogP contribution in [0.1, 0.15) is 26.4 Å². The lowest BCUT2D eigenvalue weighted by atomic mass is 10.0. The molecule has 0 saturated heterocycles. The van der Waals surface area contributed by atoms with E-state index in [4.69, 9.17) is 10.8 Å². The van der Waals surface area contributed by atoms with E-state index in [9.17, 15) is 22.8 Å². The topological polar surface area (TPSA) is 118 Å². The number of anilines is 1. The molecule has 1 amide bonds. The average molecular weight is 498 g/mol. The van der Waals surface area contributed by atoms with Gasteiger partial charge in [0.1, 0.15) is 5.82 Å². The molecule has 0 bridgehead atoms. The number of carbonyl (C=O) groups excluding carboxylic acids is 1. The lowest BCUT2D eigenvalue weighted by Gasteiger charge is -2.10. The van der Waals surface area contributed by atoms with Gasteiger partial charge in [0.2, 0.25) is 5.91 Å². The highest BCUT2D eigenvalue weighted by molar-refractivity contribution is 7.19. The summed E-state index contributed by atoms with van der Waals surface area (Å²) in [4.78, 5) is 31.6. The molecule has 0 fully saturated rings. The fourth-order valence-electron chi connectivity index (χ4n) is 3.26. The standard InChI is InChI=1S/C24H17F3N4O3S/c25-24(26,27)18-9-15(19-4-3-14(11-29-19)23(33)34)7-16-8-17(35-22(16)18)12-31-21(32)6-2-13-1-5-20(28)30-10-13/h1-11H,12H2,(H2,28,30)(H,31,32)(H,33,34)/b6-2+. The zero-order valence-electron chi connectivity index (χ0n) is 17.8. The van der Waals surface area contributed by atoms with Crippen molar-refractivity contribution >= 4 is 45.2 Å². The summed E-state index contributed by atoms with van der Waals surface area (Å²) in [6.07, 6.45) is 0.829. The summed E-state index contributed by atoms with van der Waals surface area (Å²) in [7, 11) is 0. The Morgan fingerprint density at radius 1 is 1.09 bits per heavy atom. The molecule has 0 aliphatic rings. The van der Waals surface area contributed by atoms with Crippen LogP contribution in [-0.4, -0.2) is 27.0 Å². The third-order valence-electron chi connectivity index (χ3n) is 4.95. The third-order valence-corrected chi connectivity index (χ3v) is 6.14. The molecule has 4 aromatic rings. The Kier molecular flexibility index (Phi) is 6.52. The van der Waals surface area contributed by atoms with Crippen LogP contribution in [0.4, 0.5) is 19.0 Å². The first-order valence-corrected chi connectivity index (χ1v) is 10.9. The van der Waals surface area contributed by atoms with Crippen molar-refractivity contribution in [2.75, 3.05) is 5.73 Å². The number of pyridine rings is 2. The molecular weight excluding hydrogens is 481 g/mol. The number of nitrogens with zero attached hydrogens (tertiary/aromatic N) is 2. The van der Waals surface area contributed by atoms with E-state index >= 15 is 0 Å². The van der Waals surface area contributed by atoms with Gasteiger partial charge in [-0.15, -0.1) is 11.3 Å². The molecule has 3 heterocycles. The summed E-state index contributed by atoms with van der Waals surface area (Å²) < 4.78 is 41.5. The molecule has 0 unspecified atom stereocenters. The third kappa shape index (κ3) is 5.64. The van der Waals surface area contributed by atoms with Gasteiger partial charge < -0.3 is 16.2 Å². The van der Waals surface area contributed by atoms with Gasteiger partial charge in [-0.2, -0.15) is 13.2 Å². The first kappa shape index (κ1) is 23.9. The predicted octanol–water partition coefficient (Wildman–Crippen LogP) is 4.99. The van der Waals surface area contributed by atoms with E-state index in [2.05, 4.69) is 15.3 Å². The summed E-state index contributed by atoms with van der Waals surface area (Å²) in [6.45, 7) is 0.0424. The van der Waals surface area contributed by atoms with Crippen LogP contribution in [0.15, 0.2) is 60.9 Å². The Morgan fingerprint density at radius 2 is 1.89 bits per heavy atom. The second-order valence-electron chi connectivity index (χ2n) is 7.46. The van der Waals surface area contributed by atoms with Gasteiger partial charge in [0.25, 0.3) is 0 Å². The smallest absolute Gasteiger partial charge is 0.417 e. The van der Waals surface area contributed by atoms with Gasteiger partial charge in [0.15, 0.2) is 0 Å². The Balaban J connectivity index is 1.57. The number of halogens is 3. The summed E-state index contributed by atoms with van der Waals surface area (Å²) >= 11 is 0.938. The molecule has 178 valence electrons. The second-order valence-corrected chi connectivity index (χ2v) is 8.59. The van der Waals surface area contributed by atoms with E-state index in [1.165, 1.54) is 24.4 Å². The lowest BCUT2D eigenvalue weighted by Crippen LogP contribution is -2.19. The Hall–Kier alpha value is -4.25. The van der Waals surface area contributed by atoms with Crippen LogP contribution in [0.5, 0.6) is 0 Å². The summed E-state index contributed by atoms with van der Waals surface area (Å²) in [5.41, 5.74) is 5.71. The molecule has 0 spiro atoms. The predicted molar refractivity (Wildman–Crippen MR) is 127 cm³/mol. The minimum atomic E-state index is -4.61. The van der Waals surface area contributed by atoms with Crippen LogP contribution in [0, 0.1) is 0 Å². The first-order valence-electron chi connectivity index (χ1n) is 10.1. The molecule has 0 aliphatic heterocycles. The van der Waals surface area contributed by atoms with Gasteiger partial charge in [-0.1, -0.05) is 0 Å². The number of carboxylic acid groups (broad SMARTS) is 1. The van der Waals surface area contributed by atoms with Crippen LogP contribution >= 0.6 is 11.3 Å². The van der Waals surface area contributed by atoms with E-state index in [-0.39, 0.29) is 28.1 Å². The molecule has 0 radical (unpaired) electrons. The van der Waals surface area contributed by atoms with Gasteiger partial charge in [0.05, 0.1) is 23.4 Å². The van der Waals surface area contributed by atoms with Crippen LogP contribution in [0.3, 0.4) is 0 Å². The van der Waals surface area contributed by atoms with E-state index in [0.717, 1.165) is 23.6 Å². The molecule has 4 rings (SSSR count). The average Bonchev–Trinajstić information content (AvgIpc) is 3.24. The molecular formula is C24H17F3N4O3S. The molecule has 0 atom stereocenters. The van der Waals surface area contributed by atoms with Crippen molar-refractivity contribution in [3.63, 3.8) is 0 Å². The van der Waals surface area contributed by atoms with Crippen molar-refractivity contribution in [1.82, 2.24) is 15.3 Å². The van der Waals surface area contributed by atoms with E-state index in [1.54, 1.807) is 30.3 Å². The number of aromatic nitrogens is 2. The van der Waals surface area contributed by atoms with E-state index < -0.39 is 23.6 Å². The maximum absolute atomic E-state index is 13.8. The lowest BCUT2D eigenvalue weighted by molar-refractivity contribution is -0.136. The number of aromatic carboxylic acids is 1. The molecule has 0 aliphatic carbocycles. The highest BCUT2D eigenvalue weighted by atomic mass is 32.1. The summed E-state index contributed by atoms with van der Waals surface area (Å²) in [5.74, 6) is -1.25. The van der Waals surface area contributed by atoms with Crippen molar-refractivity contribution in [3.8, 4) is 11.3 Å². The van der Waals surface area contributed by atoms with Crippen LogP contribution in [0.25, 0.3) is 27.4 Å². The minimum absolute atomic E-state index is 0.0381. The van der Waals surface area contributed by atoms with Crippen molar-refractivity contribution < 1.29 is 27.9 Å². The van der Waals surface area contributed by atoms with Crippen LogP contribution < -0.4 is 11.1 Å². The molecule has 0 saturated carbocycles. The number of hydrogen-bond acceptors (Lipinski definition) is 6. The number of hydrogen-bond donors (Lipinski definition) is 3. The maximum atomic E-state index is 13.8. The molecule has 11 heteroatoms. The molecule has 3 aromatic heterocycles. The van der Waals surface area contributed by atoms with Gasteiger partial charge in [-0.25, -0.2) is 9.78 Å². The highest BCUT2D eigenvalue weighted by Crippen LogP contribution is 2.41. The molecule has 35 heavy (non-hydrogen) atoms. The second kappa shape index (κ2) is 9.55. The normalized spacial score (nSPS) is 11.7. The minimum Gasteiger partial charge on any atom is -0.478 e. The number of nitrogens with two attached hydrogens (primary N) is 1. The number of thiophene rings is 1. The quantitative estimate of drug-likeness (QED) is 0.323. The largest absolute Gasteiger partial charge is 0.478 e. The molecule has 4 N–H and O–H groups in total. The number of fused-ring (bicyclic) bond motifs is 1. The highest BCUT2D eigenvalue weighted by Gasteiger charge is 2.34. The van der Waals surface area contributed by atoms with E-state index in [0.29, 0.717) is 21.6 Å². The zero-order valence-corrected chi connectivity index (χ0v) is 18.7.